The molecule has 1 heterocycles. The molecule has 116 valence electrons. The number of rotatable bonds is 4. The number of hydrogen-bond acceptors (Lipinski definition) is 4. The molecule has 0 aliphatic heterocycles. The average molecular weight is 298 g/mol. The van der Waals surface area contributed by atoms with E-state index in [2.05, 4.69) is 22.3 Å². The summed E-state index contributed by atoms with van der Waals surface area (Å²) in [7, 11) is 1.39. The molecule has 0 amide bonds. The van der Waals surface area contributed by atoms with Crippen LogP contribution in [0.15, 0.2) is 36.4 Å². The maximum atomic E-state index is 12.0. The van der Waals surface area contributed by atoms with E-state index in [-0.39, 0.29) is 11.4 Å². The van der Waals surface area contributed by atoms with Gasteiger partial charge in [0.1, 0.15) is 0 Å². The molecule has 0 radical (unpaired) electrons. The zero-order valence-electron chi connectivity index (χ0n) is 13.6. The number of carbonyl (C=O) groups is 1. The number of ether oxygens (including phenoxy) is 1. The van der Waals surface area contributed by atoms with Crippen LogP contribution in [0.4, 0.5) is 0 Å². The molecule has 0 saturated heterocycles. The summed E-state index contributed by atoms with van der Waals surface area (Å²) in [5.41, 5.74) is 3.03. The Bertz CT molecular complexity index is 646. The van der Waals surface area contributed by atoms with Gasteiger partial charge in [-0.1, -0.05) is 51.1 Å². The maximum absolute atomic E-state index is 12.0. The molecule has 2 rings (SSSR count). The highest BCUT2D eigenvalue weighted by Crippen LogP contribution is 2.22. The van der Waals surface area contributed by atoms with Crippen molar-refractivity contribution in [3.05, 3.63) is 58.9 Å². The Balaban J connectivity index is 2.28. The van der Waals surface area contributed by atoms with Crippen LogP contribution in [0.2, 0.25) is 0 Å². The minimum atomic E-state index is -0.358. The van der Waals surface area contributed by atoms with Crippen molar-refractivity contribution < 1.29 is 9.53 Å². The number of nitrogens with zero attached hydrogens (tertiary/aromatic N) is 2. The number of methoxy groups -OCH3 is 1. The highest BCUT2D eigenvalue weighted by atomic mass is 16.5. The molecule has 4 heteroatoms. The molecule has 0 spiro atoms. The second-order valence-corrected chi connectivity index (χ2v) is 6.32. The number of aromatic nitrogens is 2. The van der Waals surface area contributed by atoms with E-state index in [0.717, 1.165) is 12.1 Å². The molecule has 0 aliphatic carbocycles. The van der Waals surface area contributed by atoms with E-state index in [1.165, 1.54) is 12.7 Å². The molecule has 1 aromatic carbocycles. The van der Waals surface area contributed by atoms with Crippen molar-refractivity contribution in [2.45, 2.75) is 39.0 Å². The minimum absolute atomic E-state index is 0.159. The van der Waals surface area contributed by atoms with Crippen molar-refractivity contribution in [2.24, 2.45) is 0 Å². The first-order valence-electron chi connectivity index (χ1n) is 7.41. The van der Waals surface area contributed by atoms with Crippen molar-refractivity contribution in [1.82, 2.24) is 10.2 Å². The Labute approximate surface area is 131 Å². The molecule has 0 unspecified atom stereocenters. The predicted molar refractivity (Wildman–Crippen MR) is 85.9 cm³/mol. The molecule has 2 aromatic rings. The summed E-state index contributed by atoms with van der Waals surface area (Å²) in [6.07, 6.45) is 1.47. The molecular weight excluding hydrogens is 276 g/mol. The minimum Gasteiger partial charge on any atom is -0.465 e. The summed E-state index contributed by atoms with van der Waals surface area (Å²) >= 11 is 0. The third-order valence-corrected chi connectivity index (χ3v) is 3.54. The van der Waals surface area contributed by atoms with Crippen molar-refractivity contribution in [2.75, 3.05) is 7.11 Å². The molecular formula is C18H22N2O2. The summed E-state index contributed by atoms with van der Waals surface area (Å²) in [4.78, 5) is 12.0. The lowest BCUT2D eigenvalue weighted by atomic mass is 9.90. The van der Waals surface area contributed by atoms with E-state index < -0.39 is 0 Å². The van der Waals surface area contributed by atoms with Gasteiger partial charge in [-0.25, -0.2) is 4.79 Å². The number of benzene rings is 1. The molecule has 0 aliphatic rings. The van der Waals surface area contributed by atoms with Crippen molar-refractivity contribution >= 4 is 5.97 Å². The lowest BCUT2D eigenvalue weighted by molar-refractivity contribution is 0.0598. The fraction of sp³-hybridized carbons (Fsp3) is 0.389. The monoisotopic (exact) mass is 298 g/mol. The summed E-state index contributed by atoms with van der Waals surface area (Å²) in [5.74, 6) is -0.358. The third kappa shape index (κ3) is 3.91. The molecule has 4 nitrogen and oxygen atoms in total. The van der Waals surface area contributed by atoms with E-state index in [0.29, 0.717) is 17.7 Å². The molecule has 0 atom stereocenters. The van der Waals surface area contributed by atoms with Gasteiger partial charge in [0.05, 0.1) is 24.1 Å². The maximum Gasteiger partial charge on any atom is 0.339 e. The van der Waals surface area contributed by atoms with E-state index in [1.807, 2.05) is 39.0 Å². The number of esters is 1. The van der Waals surface area contributed by atoms with Gasteiger partial charge in [0.15, 0.2) is 0 Å². The molecule has 0 fully saturated rings. The highest BCUT2D eigenvalue weighted by molar-refractivity contribution is 5.90. The van der Waals surface area contributed by atoms with Crippen LogP contribution in [-0.2, 0) is 23.0 Å². The number of carbonyl (C=O) groups excluding carboxylic acids is 1. The molecule has 0 N–H and O–H groups in total. The zero-order chi connectivity index (χ0) is 16.2. The van der Waals surface area contributed by atoms with Gasteiger partial charge >= 0.3 is 5.97 Å². The summed E-state index contributed by atoms with van der Waals surface area (Å²) in [5, 5.41) is 8.56. The normalized spacial score (nSPS) is 11.3. The topological polar surface area (TPSA) is 52.1 Å². The van der Waals surface area contributed by atoms with Crippen LogP contribution in [0, 0.1) is 0 Å². The van der Waals surface area contributed by atoms with Gasteiger partial charge in [-0.05, 0) is 24.5 Å². The second-order valence-electron chi connectivity index (χ2n) is 6.32. The molecule has 1 aromatic heterocycles. The molecule has 0 saturated carbocycles. The Morgan fingerprint density at radius 2 is 1.77 bits per heavy atom. The van der Waals surface area contributed by atoms with Crippen LogP contribution in [0.5, 0.6) is 0 Å². The van der Waals surface area contributed by atoms with Crippen LogP contribution in [-0.4, -0.2) is 23.3 Å². The quantitative estimate of drug-likeness (QED) is 0.812. The largest absolute Gasteiger partial charge is 0.465 e. The first kappa shape index (κ1) is 16.1. The SMILES string of the molecule is COC(=O)c1cc(C(C)(C)C)nnc1CCc1ccccc1. The Morgan fingerprint density at radius 1 is 1.09 bits per heavy atom. The summed E-state index contributed by atoms with van der Waals surface area (Å²) < 4.78 is 4.89. The second kappa shape index (κ2) is 6.69. The van der Waals surface area contributed by atoms with E-state index in [9.17, 15) is 4.79 Å². The zero-order valence-corrected chi connectivity index (χ0v) is 13.6. The lowest BCUT2D eigenvalue weighted by Gasteiger charge is -2.18. The van der Waals surface area contributed by atoms with Crippen molar-refractivity contribution in [3.63, 3.8) is 0 Å². The standard InChI is InChI=1S/C18H22N2O2/c1-18(2,3)16-12-14(17(21)22-4)15(19-20-16)11-10-13-8-6-5-7-9-13/h5-9,12H,10-11H2,1-4H3. The van der Waals surface area contributed by atoms with Gasteiger partial charge in [0.2, 0.25) is 0 Å². The molecule has 0 bridgehead atoms. The van der Waals surface area contributed by atoms with Crippen molar-refractivity contribution in [1.29, 1.82) is 0 Å². The Hall–Kier alpha value is -2.23. The van der Waals surface area contributed by atoms with Crippen LogP contribution < -0.4 is 0 Å². The van der Waals surface area contributed by atoms with E-state index in [1.54, 1.807) is 6.07 Å². The van der Waals surface area contributed by atoms with Gasteiger partial charge < -0.3 is 4.74 Å². The van der Waals surface area contributed by atoms with E-state index in [4.69, 9.17) is 4.74 Å². The smallest absolute Gasteiger partial charge is 0.339 e. The predicted octanol–water partition coefficient (Wildman–Crippen LogP) is 3.35. The van der Waals surface area contributed by atoms with Crippen LogP contribution in [0.1, 0.15) is 48.1 Å². The number of hydrogen-bond donors (Lipinski definition) is 0. The first-order valence-corrected chi connectivity index (χ1v) is 7.41. The Kier molecular flexibility index (Phi) is 4.91. The first-order chi connectivity index (χ1) is 10.4. The van der Waals surface area contributed by atoms with E-state index >= 15 is 0 Å². The van der Waals surface area contributed by atoms with Gasteiger partial charge in [-0.2, -0.15) is 10.2 Å². The fourth-order valence-electron chi connectivity index (χ4n) is 2.16. The van der Waals surface area contributed by atoms with Crippen LogP contribution in [0.25, 0.3) is 0 Å². The van der Waals surface area contributed by atoms with Gasteiger partial charge in [-0.3, -0.25) is 0 Å². The highest BCUT2D eigenvalue weighted by Gasteiger charge is 2.21. The van der Waals surface area contributed by atoms with Gasteiger partial charge in [0.25, 0.3) is 0 Å². The summed E-state index contributed by atoms with van der Waals surface area (Å²) in [6.45, 7) is 6.13. The molecule has 22 heavy (non-hydrogen) atoms. The Morgan fingerprint density at radius 3 is 2.36 bits per heavy atom. The summed E-state index contributed by atoms with van der Waals surface area (Å²) in [6, 6.07) is 11.9. The van der Waals surface area contributed by atoms with Crippen molar-refractivity contribution in [3.8, 4) is 0 Å². The fourth-order valence-corrected chi connectivity index (χ4v) is 2.16. The van der Waals surface area contributed by atoms with Gasteiger partial charge in [0, 0.05) is 5.41 Å². The van der Waals surface area contributed by atoms with Crippen LogP contribution >= 0.6 is 0 Å². The number of aryl methyl sites for hydroxylation is 2. The average Bonchev–Trinajstić information content (AvgIpc) is 2.52. The van der Waals surface area contributed by atoms with Crippen LogP contribution in [0.3, 0.4) is 0 Å². The lowest BCUT2D eigenvalue weighted by Crippen LogP contribution is -2.18. The third-order valence-electron chi connectivity index (χ3n) is 3.54. The van der Waals surface area contributed by atoms with Gasteiger partial charge in [-0.15, -0.1) is 0 Å².